The maximum absolute atomic E-state index is 12.9. The molecular formula is C23H21IN2O2. The Morgan fingerprint density at radius 3 is 2.54 bits per heavy atom. The zero-order valence-corrected chi connectivity index (χ0v) is 17.9. The molecule has 1 heterocycles. The van der Waals surface area contributed by atoms with Gasteiger partial charge in [0.15, 0.2) is 0 Å². The van der Waals surface area contributed by atoms with E-state index in [9.17, 15) is 9.59 Å². The summed E-state index contributed by atoms with van der Waals surface area (Å²) in [6.07, 6.45) is 3.34. The number of nitrogens with one attached hydrogen (secondary N) is 1. The molecule has 1 unspecified atom stereocenters. The summed E-state index contributed by atoms with van der Waals surface area (Å²) in [7, 11) is 0. The molecule has 0 aliphatic carbocycles. The number of amides is 1. The van der Waals surface area contributed by atoms with Gasteiger partial charge in [0.1, 0.15) is 5.56 Å². The van der Waals surface area contributed by atoms with Gasteiger partial charge in [-0.1, -0.05) is 77.7 Å². The summed E-state index contributed by atoms with van der Waals surface area (Å²) >= 11 is 2.14. The van der Waals surface area contributed by atoms with Crippen molar-refractivity contribution < 1.29 is 4.79 Å². The molecular weight excluding hydrogens is 463 g/mol. The Labute approximate surface area is 178 Å². The van der Waals surface area contributed by atoms with Crippen LogP contribution in [0.2, 0.25) is 0 Å². The normalized spacial score (nSPS) is 11.7. The molecule has 5 heteroatoms. The van der Waals surface area contributed by atoms with Crippen molar-refractivity contribution in [2.75, 3.05) is 5.32 Å². The quantitative estimate of drug-likeness (QED) is 0.375. The molecule has 0 saturated heterocycles. The van der Waals surface area contributed by atoms with Gasteiger partial charge in [-0.25, -0.2) is 0 Å². The van der Waals surface area contributed by atoms with Crippen molar-refractivity contribution in [2.24, 2.45) is 0 Å². The standard InChI is InChI=1S/C23H21IN2O2/c1-4-17-13-20(23(28)26(14-17)16(3)24)22(27)25-21-12-8-11-19(15(21)2)18-9-6-5-7-10-18/h4-14,16H,1H2,2-3H3,(H,25,27). The van der Waals surface area contributed by atoms with Gasteiger partial charge >= 0.3 is 0 Å². The predicted octanol–water partition coefficient (Wildman–Crippen LogP) is 5.67. The Hall–Kier alpha value is -2.67. The van der Waals surface area contributed by atoms with E-state index in [2.05, 4.69) is 34.5 Å². The summed E-state index contributed by atoms with van der Waals surface area (Å²) in [5, 5.41) is 2.91. The van der Waals surface area contributed by atoms with Crippen LogP contribution in [0.3, 0.4) is 0 Å². The first kappa shape index (κ1) is 20.1. The average Bonchev–Trinajstić information content (AvgIpc) is 2.70. The number of hydrogen-bond acceptors (Lipinski definition) is 2. The van der Waals surface area contributed by atoms with Crippen LogP contribution in [-0.2, 0) is 0 Å². The molecule has 0 radical (unpaired) electrons. The van der Waals surface area contributed by atoms with Crippen LogP contribution in [0.1, 0.15) is 32.5 Å². The van der Waals surface area contributed by atoms with Crippen molar-refractivity contribution in [1.29, 1.82) is 0 Å². The smallest absolute Gasteiger partial charge is 0.264 e. The van der Waals surface area contributed by atoms with E-state index >= 15 is 0 Å². The molecule has 4 nitrogen and oxygen atoms in total. The maximum atomic E-state index is 12.9. The van der Waals surface area contributed by atoms with E-state index in [1.54, 1.807) is 22.9 Å². The zero-order valence-electron chi connectivity index (χ0n) is 15.8. The summed E-state index contributed by atoms with van der Waals surface area (Å²) in [4.78, 5) is 25.7. The Bertz CT molecular complexity index is 1090. The first-order valence-corrected chi connectivity index (χ1v) is 10.2. The Kier molecular flexibility index (Phi) is 6.14. The fraction of sp³-hybridized carbons (Fsp3) is 0.130. The van der Waals surface area contributed by atoms with Crippen LogP contribution in [0.25, 0.3) is 17.2 Å². The van der Waals surface area contributed by atoms with Gasteiger partial charge in [0.05, 0.1) is 4.05 Å². The molecule has 1 atom stereocenters. The third-order valence-electron chi connectivity index (χ3n) is 4.59. The SMILES string of the molecule is C=Cc1cc(C(=O)Nc2cccc(-c3ccccc3)c2C)c(=O)n(C(C)I)c1. The number of hydrogen-bond donors (Lipinski definition) is 1. The molecule has 1 N–H and O–H groups in total. The van der Waals surface area contributed by atoms with Crippen molar-refractivity contribution >= 4 is 40.3 Å². The van der Waals surface area contributed by atoms with Crippen LogP contribution in [0.15, 0.2) is 72.2 Å². The fourth-order valence-corrected chi connectivity index (χ4v) is 3.47. The number of aromatic nitrogens is 1. The van der Waals surface area contributed by atoms with E-state index in [-0.39, 0.29) is 15.2 Å². The number of rotatable bonds is 5. The molecule has 0 aliphatic heterocycles. The molecule has 3 aromatic rings. The van der Waals surface area contributed by atoms with Crippen LogP contribution >= 0.6 is 22.6 Å². The third kappa shape index (κ3) is 4.09. The molecule has 0 saturated carbocycles. The molecule has 1 amide bonds. The van der Waals surface area contributed by atoms with Crippen LogP contribution in [-0.4, -0.2) is 10.5 Å². The lowest BCUT2D eigenvalue weighted by Gasteiger charge is -2.15. The van der Waals surface area contributed by atoms with Crippen LogP contribution in [0, 0.1) is 6.92 Å². The van der Waals surface area contributed by atoms with Crippen molar-refractivity contribution in [1.82, 2.24) is 4.57 Å². The number of carbonyl (C=O) groups is 1. The monoisotopic (exact) mass is 484 g/mol. The van der Waals surface area contributed by atoms with Crippen molar-refractivity contribution in [2.45, 2.75) is 17.9 Å². The molecule has 0 aliphatic rings. The van der Waals surface area contributed by atoms with E-state index in [0.29, 0.717) is 5.69 Å². The molecule has 28 heavy (non-hydrogen) atoms. The first-order valence-electron chi connectivity index (χ1n) is 8.91. The second-order valence-electron chi connectivity index (χ2n) is 6.48. The summed E-state index contributed by atoms with van der Waals surface area (Å²) in [6, 6.07) is 17.3. The van der Waals surface area contributed by atoms with Crippen molar-refractivity contribution in [3.8, 4) is 11.1 Å². The van der Waals surface area contributed by atoms with Crippen LogP contribution < -0.4 is 10.9 Å². The highest BCUT2D eigenvalue weighted by Crippen LogP contribution is 2.28. The minimum Gasteiger partial charge on any atom is -0.322 e. The highest BCUT2D eigenvalue weighted by molar-refractivity contribution is 14.1. The molecule has 0 bridgehead atoms. The van der Waals surface area contributed by atoms with Crippen molar-refractivity contribution in [3.05, 3.63) is 94.4 Å². The summed E-state index contributed by atoms with van der Waals surface area (Å²) in [5.41, 5.74) is 4.26. The number of benzene rings is 2. The zero-order chi connectivity index (χ0) is 20.3. The lowest BCUT2D eigenvalue weighted by Crippen LogP contribution is -2.29. The first-order chi connectivity index (χ1) is 13.4. The van der Waals surface area contributed by atoms with E-state index in [0.717, 1.165) is 22.3 Å². The number of anilines is 1. The third-order valence-corrected chi connectivity index (χ3v) is 5.19. The molecule has 0 fully saturated rings. The minimum absolute atomic E-state index is 0.0836. The Morgan fingerprint density at radius 2 is 1.89 bits per heavy atom. The number of pyridine rings is 1. The number of alkyl halides is 1. The molecule has 2 aromatic carbocycles. The van der Waals surface area contributed by atoms with Gasteiger partial charge in [-0.15, -0.1) is 0 Å². The van der Waals surface area contributed by atoms with Gasteiger partial charge < -0.3 is 9.88 Å². The summed E-state index contributed by atoms with van der Waals surface area (Å²) < 4.78 is 1.46. The fourth-order valence-electron chi connectivity index (χ4n) is 3.05. The van der Waals surface area contributed by atoms with Gasteiger partial charge in [0, 0.05) is 11.9 Å². The molecule has 3 rings (SSSR count). The second kappa shape index (κ2) is 8.56. The highest BCUT2D eigenvalue weighted by Gasteiger charge is 2.17. The summed E-state index contributed by atoms with van der Waals surface area (Å²) in [5.74, 6) is -0.423. The van der Waals surface area contributed by atoms with E-state index < -0.39 is 5.91 Å². The second-order valence-corrected chi connectivity index (χ2v) is 8.28. The van der Waals surface area contributed by atoms with Crippen LogP contribution in [0.4, 0.5) is 5.69 Å². The minimum atomic E-state index is -0.423. The topological polar surface area (TPSA) is 51.1 Å². The molecule has 1 aromatic heterocycles. The van der Waals surface area contributed by atoms with Gasteiger partial charge in [-0.05, 0) is 48.2 Å². The number of carbonyl (C=O) groups excluding carboxylic acids is 1. The van der Waals surface area contributed by atoms with Gasteiger partial charge in [0.2, 0.25) is 0 Å². The van der Waals surface area contributed by atoms with Gasteiger partial charge in [-0.3, -0.25) is 9.59 Å². The van der Waals surface area contributed by atoms with E-state index in [4.69, 9.17) is 0 Å². The number of nitrogens with zero attached hydrogens (tertiary/aromatic N) is 1. The number of halogens is 1. The van der Waals surface area contributed by atoms with E-state index in [1.807, 2.05) is 62.4 Å². The molecule has 142 valence electrons. The summed E-state index contributed by atoms with van der Waals surface area (Å²) in [6.45, 7) is 7.61. The van der Waals surface area contributed by atoms with E-state index in [1.165, 1.54) is 0 Å². The van der Waals surface area contributed by atoms with Crippen LogP contribution in [0.5, 0.6) is 0 Å². The van der Waals surface area contributed by atoms with Gasteiger partial charge in [0.25, 0.3) is 11.5 Å². The largest absolute Gasteiger partial charge is 0.322 e. The molecule has 0 spiro atoms. The Morgan fingerprint density at radius 1 is 1.18 bits per heavy atom. The lowest BCUT2D eigenvalue weighted by atomic mass is 9.99. The Balaban J connectivity index is 2.00. The maximum Gasteiger partial charge on any atom is 0.264 e. The lowest BCUT2D eigenvalue weighted by molar-refractivity contribution is 0.102. The predicted molar refractivity (Wildman–Crippen MR) is 124 cm³/mol. The van der Waals surface area contributed by atoms with Crippen molar-refractivity contribution in [3.63, 3.8) is 0 Å². The average molecular weight is 484 g/mol. The highest BCUT2D eigenvalue weighted by atomic mass is 127. The van der Waals surface area contributed by atoms with Gasteiger partial charge in [-0.2, -0.15) is 0 Å².